The van der Waals surface area contributed by atoms with E-state index in [-0.39, 0.29) is 0 Å². The molecular formula is C10H17N3S. The van der Waals surface area contributed by atoms with Crippen LogP contribution in [0.4, 0.5) is 0 Å². The highest BCUT2D eigenvalue weighted by Crippen LogP contribution is 2.27. The van der Waals surface area contributed by atoms with E-state index in [0.717, 1.165) is 13.1 Å². The summed E-state index contributed by atoms with van der Waals surface area (Å²) < 4.78 is 0. The van der Waals surface area contributed by atoms with Gasteiger partial charge in [0.15, 0.2) is 0 Å². The lowest BCUT2D eigenvalue weighted by molar-refractivity contribution is 0.253. The lowest BCUT2D eigenvalue weighted by Gasteiger charge is -2.22. The minimum atomic E-state index is 0.464. The van der Waals surface area contributed by atoms with Crippen molar-refractivity contribution >= 4 is 11.3 Å². The Bertz CT molecular complexity index is 273. The van der Waals surface area contributed by atoms with Gasteiger partial charge in [0.2, 0.25) is 0 Å². The van der Waals surface area contributed by atoms with E-state index in [0.29, 0.717) is 12.0 Å². The van der Waals surface area contributed by atoms with Crippen LogP contribution in [0, 0.1) is 5.92 Å². The molecule has 0 radical (unpaired) electrons. The fourth-order valence-electron chi connectivity index (χ4n) is 2.00. The van der Waals surface area contributed by atoms with E-state index in [1.165, 1.54) is 18.0 Å². The highest BCUT2D eigenvalue weighted by molar-refractivity contribution is 7.09. The molecule has 2 rings (SSSR count). The van der Waals surface area contributed by atoms with Crippen LogP contribution in [0.2, 0.25) is 0 Å². The van der Waals surface area contributed by atoms with Crippen LogP contribution in [0.25, 0.3) is 0 Å². The molecule has 0 amide bonds. The summed E-state index contributed by atoms with van der Waals surface area (Å²) in [5.41, 5.74) is 5.68. The number of aromatic nitrogens is 1. The quantitative estimate of drug-likeness (QED) is 0.823. The third-order valence-corrected chi connectivity index (χ3v) is 3.95. The fourth-order valence-corrected chi connectivity index (χ4v) is 2.73. The number of hydrogen-bond donors (Lipinski definition) is 1. The molecule has 0 aliphatic carbocycles. The smallest absolute Gasteiger partial charge is 0.109 e. The topological polar surface area (TPSA) is 42.2 Å². The SMILES string of the molecule is C[C@@H](c1nccs1)N1CC[C@@H](CN)C1. The van der Waals surface area contributed by atoms with E-state index in [1.807, 2.05) is 11.6 Å². The van der Waals surface area contributed by atoms with Gasteiger partial charge in [-0.1, -0.05) is 0 Å². The van der Waals surface area contributed by atoms with Gasteiger partial charge in [0.05, 0.1) is 6.04 Å². The van der Waals surface area contributed by atoms with Gasteiger partial charge < -0.3 is 5.73 Å². The van der Waals surface area contributed by atoms with Crippen LogP contribution in [0.3, 0.4) is 0 Å². The molecule has 78 valence electrons. The van der Waals surface area contributed by atoms with Gasteiger partial charge in [-0.3, -0.25) is 4.90 Å². The molecule has 1 aliphatic rings. The summed E-state index contributed by atoms with van der Waals surface area (Å²) in [6.45, 7) is 5.36. The minimum absolute atomic E-state index is 0.464. The molecule has 1 saturated heterocycles. The van der Waals surface area contributed by atoms with Crippen LogP contribution in [-0.2, 0) is 0 Å². The summed E-state index contributed by atoms with van der Waals surface area (Å²) in [6, 6.07) is 0.464. The molecular weight excluding hydrogens is 194 g/mol. The highest BCUT2D eigenvalue weighted by Gasteiger charge is 2.26. The number of nitrogens with two attached hydrogens (primary N) is 1. The first-order valence-corrected chi connectivity index (χ1v) is 6.02. The van der Waals surface area contributed by atoms with Crippen LogP contribution in [0.5, 0.6) is 0 Å². The van der Waals surface area contributed by atoms with Gasteiger partial charge in [-0.25, -0.2) is 4.98 Å². The molecule has 14 heavy (non-hydrogen) atoms. The Labute approximate surface area is 88.9 Å². The second kappa shape index (κ2) is 4.38. The molecule has 4 heteroatoms. The summed E-state index contributed by atoms with van der Waals surface area (Å²) >= 11 is 1.74. The first-order valence-electron chi connectivity index (χ1n) is 5.14. The molecule has 0 aromatic carbocycles. The number of likely N-dealkylation sites (tertiary alicyclic amines) is 1. The number of thiazole rings is 1. The van der Waals surface area contributed by atoms with Crippen LogP contribution < -0.4 is 5.73 Å². The normalized spacial score (nSPS) is 25.4. The van der Waals surface area contributed by atoms with Crippen molar-refractivity contribution < 1.29 is 0 Å². The number of rotatable bonds is 3. The fraction of sp³-hybridized carbons (Fsp3) is 0.700. The summed E-state index contributed by atoms with van der Waals surface area (Å²) in [7, 11) is 0. The van der Waals surface area contributed by atoms with Gasteiger partial charge in [-0.15, -0.1) is 11.3 Å². The van der Waals surface area contributed by atoms with Crippen molar-refractivity contribution in [1.29, 1.82) is 0 Å². The van der Waals surface area contributed by atoms with E-state index in [9.17, 15) is 0 Å². The Balaban J connectivity index is 1.97. The molecule has 2 N–H and O–H groups in total. The second-order valence-electron chi connectivity index (χ2n) is 3.93. The van der Waals surface area contributed by atoms with E-state index < -0.39 is 0 Å². The summed E-state index contributed by atoms with van der Waals surface area (Å²) in [4.78, 5) is 6.84. The third kappa shape index (κ3) is 1.97. The molecule has 0 bridgehead atoms. The number of nitrogens with zero attached hydrogens (tertiary/aromatic N) is 2. The van der Waals surface area contributed by atoms with E-state index >= 15 is 0 Å². The average Bonchev–Trinajstić information content (AvgIpc) is 2.88. The van der Waals surface area contributed by atoms with Gasteiger partial charge in [-0.2, -0.15) is 0 Å². The average molecular weight is 211 g/mol. The van der Waals surface area contributed by atoms with Crippen molar-refractivity contribution in [2.45, 2.75) is 19.4 Å². The molecule has 1 aliphatic heterocycles. The van der Waals surface area contributed by atoms with Crippen molar-refractivity contribution in [2.75, 3.05) is 19.6 Å². The second-order valence-corrected chi connectivity index (χ2v) is 4.86. The molecule has 0 saturated carbocycles. The zero-order chi connectivity index (χ0) is 9.97. The van der Waals surface area contributed by atoms with Crippen molar-refractivity contribution in [3.63, 3.8) is 0 Å². The maximum atomic E-state index is 5.68. The van der Waals surface area contributed by atoms with E-state index in [4.69, 9.17) is 5.73 Å². The molecule has 2 heterocycles. The zero-order valence-electron chi connectivity index (χ0n) is 8.52. The van der Waals surface area contributed by atoms with Gasteiger partial charge in [-0.05, 0) is 32.4 Å². The molecule has 0 spiro atoms. The van der Waals surface area contributed by atoms with Gasteiger partial charge >= 0.3 is 0 Å². The van der Waals surface area contributed by atoms with Gasteiger partial charge in [0.1, 0.15) is 5.01 Å². The zero-order valence-corrected chi connectivity index (χ0v) is 9.33. The lowest BCUT2D eigenvalue weighted by atomic mass is 10.1. The Kier molecular flexibility index (Phi) is 3.15. The third-order valence-electron chi connectivity index (χ3n) is 3.01. The molecule has 1 aromatic rings. The Morgan fingerprint density at radius 1 is 1.79 bits per heavy atom. The minimum Gasteiger partial charge on any atom is -0.330 e. The molecule has 1 fully saturated rings. The Morgan fingerprint density at radius 2 is 2.64 bits per heavy atom. The van der Waals surface area contributed by atoms with Gasteiger partial charge in [0, 0.05) is 18.1 Å². The summed E-state index contributed by atoms with van der Waals surface area (Å²) in [5, 5.41) is 3.27. The van der Waals surface area contributed by atoms with Crippen molar-refractivity contribution in [2.24, 2.45) is 11.7 Å². The summed E-state index contributed by atoms with van der Waals surface area (Å²) in [6.07, 6.45) is 3.12. The van der Waals surface area contributed by atoms with E-state index in [1.54, 1.807) is 11.3 Å². The standard InChI is InChI=1S/C10H17N3S/c1-8(10-12-3-5-14-10)13-4-2-9(6-11)7-13/h3,5,8-9H,2,4,6-7,11H2,1H3/t8-,9-/m0/s1. The predicted octanol–water partition coefficient (Wildman–Crippen LogP) is 1.48. The van der Waals surface area contributed by atoms with Crippen LogP contribution in [0.15, 0.2) is 11.6 Å². The van der Waals surface area contributed by atoms with Crippen LogP contribution in [0.1, 0.15) is 24.4 Å². The first kappa shape index (κ1) is 10.1. The molecule has 2 atom stereocenters. The van der Waals surface area contributed by atoms with Crippen LogP contribution >= 0.6 is 11.3 Å². The highest BCUT2D eigenvalue weighted by atomic mass is 32.1. The van der Waals surface area contributed by atoms with Crippen molar-refractivity contribution in [3.05, 3.63) is 16.6 Å². The maximum absolute atomic E-state index is 5.68. The van der Waals surface area contributed by atoms with Crippen molar-refractivity contribution in [3.8, 4) is 0 Å². The van der Waals surface area contributed by atoms with E-state index in [2.05, 4.69) is 16.8 Å². The largest absolute Gasteiger partial charge is 0.330 e. The molecule has 1 aromatic heterocycles. The van der Waals surface area contributed by atoms with Crippen LogP contribution in [-0.4, -0.2) is 29.5 Å². The van der Waals surface area contributed by atoms with Gasteiger partial charge in [0.25, 0.3) is 0 Å². The maximum Gasteiger partial charge on any atom is 0.109 e. The predicted molar refractivity (Wildman–Crippen MR) is 59.3 cm³/mol. The number of hydrogen-bond acceptors (Lipinski definition) is 4. The Morgan fingerprint density at radius 3 is 3.21 bits per heavy atom. The Hall–Kier alpha value is -0.450. The summed E-state index contributed by atoms with van der Waals surface area (Å²) in [5.74, 6) is 0.692. The monoisotopic (exact) mass is 211 g/mol. The molecule has 0 unspecified atom stereocenters. The van der Waals surface area contributed by atoms with Crippen molar-refractivity contribution in [1.82, 2.24) is 9.88 Å². The lowest BCUT2D eigenvalue weighted by Crippen LogP contribution is -2.26. The first-order chi connectivity index (χ1) is 6.81. The molecule has 3 nitrogen and oxygen atoms in total.